The van der Waals surface area contributed by atoms with Crippen molar-refractivity contribution in [2.45, 2.75) is 13.0 Å². The van der Waals surface area contributed by atoms with Gasteiger partial charge >= 0.3 is 0 Å². The van der Waals surface area contributed by atoms with Gasteiger partial charge in [-0.05, 0) is 30.5 Å². The van der Waals surface area contributed by atoms with Gasteiger partial charge in [-0.3, -0.25) is 9.88 Å². The van der Waals surface area contributed by atoms with Gasteiger partial charge in [-0.15, -0.1) is 11.3 Å². The van der Waals surface area contributed by atoms with Crippen molar-refractivity contribution in [2.24, 2.45) is 0 Å². The number of aryl methyl sites for hydroxylation is 1. The van der Waals surface area contributed by atoms with Crippen LogP contribution in [0.2, 0.25) is 0 Å². The lowest BCUT2D eigenvalue weighted by Crippen LogP contribution is -2.45. The predicted molar refractivity (Wildman–Crippen MR) is 79.6 cm³/mol. The molecule has 1 aliphatic rings. The maximum atomic E-state index is 4.75. The minimum absolute atomic E-state index is 0.307. The van der Waals surface area contributed by atoms with Crippen molar-refractivity contribution < 1.29 is 0 Å². The molecule has 0 aromatic carbocycles. The number of thiophene rings is 1. The highest BCUT2D eigenvalue weighted by Gasteiger charge is 2.25. The summed E-state index contributed by atoms with van der Waals surface area (Å²) >= 11 is 1.82. The molecule has 1 N–H and O–H groups in total. The van der Waals surface area contributed by atoms with E-state index in [9.17, 15) is 0 Å². The lowest BCUT2D eigenvalue weighted by molar-refractivity contribution is 0.197. The zero-order chi connectivity index (χ0) is 13.1. The van der Waals surface area contributed by atoms with Gasteiger partial charge in [0.05, 0.1) is 11.7 Å². The molecule has 1 atom stereocenters. The maximum absolute atomic E-state index is 4.75. The van der Waals surface area contributed by atoms with Crippen LogP contribution < -0.4 is 5.32 Å². The van der Waals surface area contributed by atoms with Gasteiger partial charge in [0.1, 0.15) is 0 Å². The molecular formula is C15H19N3S. The summed E-state index contributed by atoms with van der Waals surface area (Å²) in [5.41, 5.74) is 2.26. The topological polar surface area (TPSA) is 28.2 Å². The van der Waals surface area contributed by atoms with Crippen LogP contribution in [0.25, 0.3) is 0 Å². The van der Waals surface area contributed by atoms with Crippen LogP contribution >= 0.6 is 11.3 Å². The molecule has 0 bridgehead atoms. The van der Waals surface area contributed by atoms with Crippen LogP contribution in [0.15, 0.2) is 35.7 Å². The average Bonchev–Trinajstić information content (AvgIpc) is 2.94. The first-order chi connectivity index (χ1) is 9.34. The van der Waals surface area contributed by atoms with Crippen molar-refractivity contribution in [3.63, 3.8) is 0 Å². The van der Waals surface area contributed by atoms with Crippen LogP contribution in [0.1, 0.15) is 22.3 Å². The fraction of sp³-hybridized carbons (Fsp3) is 0.400. The minimum atomic E-state index is 0.307. The zero-order valence-electron chi connectivity index (χ0n) is 11.2. The average molecular weight is 273 g/mol. The molecule has 0 amide bonds. The lowest BCUT2D eigenvalue weighted by Gasteiger charge is -2.34. The Morgan fingerprint density at radius 2 is 2.05 bits per heavy atom. The van der Waals surface area contributed by atoms with E-state index in [2.05, 4.69) is 52.9 Å². The van der Waals surface area contributed by atoms with Gasteiger partial charge in [0.25, 0.3) is 0 Å². The van der Waals surface area contributed by atoms with Crippen molar-refractivity contribution in [2.75, 3.05) is 26.2 Å². The number of rotatable bonds is 3. The molecular weight excluding hydrogens is 254 g/mol. The second kappa shape index (κ2) is 5.82. The van der Waals surface area contributed by atoms with E-state index in [1.807, 2.05) is 11.3 Å². The van der Waals surface area contributed by atoms with Crippen LogP contribution in [0.3, 0.4) is 0 Å². The molecule has 3 heterocycles. The quantitative estimate of drug-likeness (QED) is 0.931. The summed E-state index contributed by atoms with van der Waals surface area (Å²) < 4.78 is 0. The van der Waals surface area contributed by atoms with Crippen molar-refractivity contribution in [3.8, 4) is 0 Å². The highest BCUT2D eigenvalue weighted by atomic mass is 32.1. The normalized spacial score (nSPS) is 18.4. The molecule has 2 aromatic heterocycles. The Labute approximate surface area is 118 Å². The van der Waals surface area contributed by atoms with E-state index >= 15 is 0 Å². The van der Waals surface area contributed by atoms with Crippen LogP contribution in [-0.4, -0.2) is 36.1 Å². The van der Waals surface area contributed by atoms with Crippen LogP contribution in [-0.2, 0) is 0 Å². The van der Waals surface area contributed by atoms with Crippen molar-refractivity contribution in [3.05, 3.63) is 52.0 Å². The van der Waals surface area contributed by atoms with Gasteiger partial charge in [0.15, 0.2) is 0 Å². The first-order valence-electron chi connectivity index (χ1n) is 6.76. The largest absolute Gasteiger partial charge is 0.314 e. The molecule has 3 rings (SSSR count). The number of hydrogen-bond acceptors (Lipinski definition) is 4. The van der Waals surface area contributed by atoms with Gasteiger partial charge < -0.3 is 5.32 Å². The fourth-order valence-electron chi connectivity index (χ4n) is 2.62. The van der Waals surface area contributed by atoms with E-state index in [1.165, 1.54) is 10.6 Å². The molecule has 3 nitrogen and oxygen atoms in total. The molecule has 0 radical (unpaired) electrons. The standard InChI is InChI=1S/C15H19N3S/c1-12-4-2-5-13(17-12)15(14-6-3-11-19-14)18-9-7-16-8-10-18/h2-6,11,15-16H,7-10H2,1H3/t15-/m1/s1. The minimum Gasteiger partial charge on any atom is -0.314 e. The molecule has 4 heteroatoms. The third-order valence-corrected chi connectivity index (χ3v) is 4.44. The van der Waals surface area contributed by atoms with E-state index < -0.39 is 0 Å². The number of nitrogens with zero attached hydrogens (tertiary/aromatic N) is 2. The lowest BCUT2D eigenvalue weighted by atomic mass is 10.1. The second-order valence-electron chi connectivity index (χ2n) is 4.91. The summed E-state index contributed by atoms with van der Waals surface area (Å²) in [5.74, 6) is 0. The SMILES string of the molecule is Cc1cccc([C@H](c2cccs2)N2CCNCC2)n1. The molecule has 0 spiro atoms. The summed E-state index contributed by atoms with van der Waals surface area (Å²) in [7, 11) is 0. The maximum Gasteiger partial charge on any atom is 0.0870 e. The predicted octanol–water partition coefficient (Wildman–Crippen LogP) is 2.45. The molecule has 0 unspecified atom stereocenters. The Kier molecular flexibility index (Phi) is 3.92. The Hall–Kier alpha value is -1.23. The van der Waals surface area contributed by atoms with Crippen molar-refractivity contribution >= 4 is 11.3 Å². The van der Waals surface area contributed by atoms with Gasteiger partial charge in [-0.25, -0.2) is 0 Å². The first kappa shape index (κ1) is 12.8. The van der Waals surface area contributed by atoms with Crippen molar-refractivity contribution in [1.82, 2.24) is 15.2 Å². The Morgan fingerprint density at radius 1 is 1.21 bits per heavy atom. The Balaban J connectivity index is 1.96. The summed E-state index contributed by atoms with van der Waals surface area (Å²) in [5, 5.41) is 5.57. The van der Waals surface area contributed by atoms with E-state index in [0.717, 1.165) is 31.9 Å². The molecule has 2 aromatic rings. The van der Waals surface area contributed by atoms with Crippen LogP contribution in [0.5, 0.6) is 0 Å². The highest BCUT2D eigenvalue weighted by molar-refractivity contribution is 7.10. The van der Waals surface area contributed by atoms with Crippen LogP contribution in [0.4, 0.5) is 0 Å². The van der Waals surface area contributed by atoms with E-state index in [1.54, 1.807) is 0 Å². The number of nitrogens with one attached hydrogen (secondary N) is 1. The summed E-state index contributed by atoms with van der Waals surface area (Å²) in [6.45, 7) is 6.35. The molecule has 1 fully saturated rings. The number of aromatic nitrogens is 1. The smallest absolute Gasteiger partial charge is 0.0870 e. The molecule has 0 saturated carbocycles. The molecule has 100 valence electrons. The summed E-state index contributed by atoms with van der Waals surface area (Å²) in [6, 6.07) is 11.0. The molecule has 1 saturated heterocycles. The molecule has 19 heavy (non-hydrogen) atoms. The Bertz CT molecular complexity index is 518. The summed E-state index contributed by atoms with van der Waals surface area (Å²) in [4.78, 5) is 8.67. The van der Waals surface area contributed by atoms with Gasteiger partial charge in [0.2, 0.25) is 0 Å². The summed E-state index contributed by atoms with van der Waals surface area (Å²) in [6.07, 6.45) is 0. The fourth-order valence-corrected chi connectivity index (χ4v) is 3.49. The number of piperazine rings is 1. The highest BCUT2D eigenvalue weighted by Crippen LogP contribution is 2.30. The monoisotopic (exact) mass is 273 g/mol. The number of hydrogen-bond donors (Lipinski definition) is 1. The van der Waals surface area contributed by atoms with Crippen LogP contribution in [0, 0.1) is 6.92 Å². The van der Waals surface area contributed by atoms with E-state index in [-0.39, 0.29) is 0 Å². The van der Waals surface area contributed by atoms with E-state index in [4.69, 9.17) is 4.98 Å². The molecule has 0 aliphatic carbocycles. The van der Waals surface area contributed by atoms with Gasteiger partial charge in [-0.2, -0.15) is 0 Å². The van der Waals surface area contributed by atoms with Gasteiger partial charge in [0, 0.05) is 36.8 Å². The van der Waals surface area contributed by atoms with Gasteiger partial charge in [-0.1, -0.05) is 12.1 Å². The van der Waals surface area contributed by atoms with E-state index in [0.29, 0.717) is 6.04 Å². The second-order valence-corrected chi connectivity index (χ2v) is 5.89. The van der Waals surface area contributed by atoms with Crippen molar-refractivity contribution in [1.29, 1.82) is 0 Å². The first-order valence-corrected chi connectivity index (χ1v) is 7.64. The number of pyridine rings is 1. The zero-order valence-corrected chi connectivity index (χ0v) is 12.0. The Morgan fingerprint density at radius 3 is 2.74 bits per heavy atom. The third-order valence-electron chi connectivity index (χ3n) is 3.52. The molecule has 1 aliphatic heterocycles. The third kappa shape index (κ3) is 2.86.